The van der Waals surface area contributed by atoms with Gasteiger partial charge in [0.15, 0.2) is 0 Å². The lowest BCUT2D eigenvalue weighted by Gasteiger charge is -2.16. The number of aliphatic carboxylic acids is 1. The zero-order valence-electron chi connectivity index (χ0n) is 9.40. The van der Waals surface area contributed by atoms with E-state index in [0.29, 0.717) is 22.7 Å². The quantitative estimate of drug-likeness (QED) is 0.845. The van der Waals surface area contributed by atoms with E-state index < -0.39 is 12.0 Å². The summed E-state index contributed by atoms with van der Waals surface area (Å²) in [6.07, 6.45) is 1.25. The Morgan fingerprint density at radius 2 is 2.35 bits per heavy atom. The first kappa shape index (κ1) is 13.3. The van der Waals surface area contributed by atoms with E-state index in [4.69, 9.17) is 22.0 Å². The van der Waals surface area contributed by atoms with Gasteiger partial charge in [-0.15, -0.1) is 0 Å². The SMILES string of the molecule is CCCC(Nc1cc(C#N)ccc1Cl)C(=O)O. The molecule has 1 aromatic carbocycles. The van der Waals surface area contributed by atoms with Crippen molar-refractivity contribution in [2.45, 2.75) is 25.8 Å². The van der Waals surface area contributed by atoms with Crippen molar-refractivity contribution in [1.29, 1.82) is 5.26 Å². The van der Waals surface area contributed by atoms with E-state index in [1.54, 1.807) is 18.2 Å². The number of nitrogens with zero attached hydrogens (tertiary/aromatic N) is 1. The molecule has 0 saturated carbocycles. The Labute approximate surface area is 105 Å². The van der Waals surface area contributed by atoms with Crippen molar-refractivity contribution < 1.29 is 9.90 Å². The monoisotopic (exact) mass is 252 g/mol. The van der Waals surface area contributed by atoms with Crippen LogP contribution < -0.4 is 5.32 Å². The lowest BCUT2D eigenvalue weighted by atomic mass is 10.1. The zero-order chi connectivity index (χ0) is 12.8. The summed E-state index contributed by atoms with van der Waals surface area (Å²) in [5.74, 6) is -0.926. The van der Waals surface area contributed by atoms with E-state index in [0.717, 1.165) is 6.42 Å². The van der Waals surface area contributed by atoms with E-state index in [1.165, 1.54) is 0 Å². The predicted molar refractivity (Wildman–Crippen MR) is 66.1 cm³/mol. The Hall–Kier alpha value is -1.73. The van der Waals surface area contributed by atoms with Gasteiger partial charge in [-0.25, -0.2) is 4.79 Å². The number of benzene rings is 1. The number of rotatable bonds is 5. The minimum atomic E-state index is -0.926. The van der Waals surface area contributed by atoms with Crippen LogP contribution in [0.25, 0.3) is 0 Å². The van der Waals surface area contributed by atoms with Gasteiger partial charge in [0.25, 0.3) is 0 Å². The third-order valence-electron chi connectivity index (χ3n) is 2.30. The zero-order valence-corrected chi connectivity index (χ0v) is 10.2. The number of nitrogens with one attached hydrogen (secondary N) is 1. The van der Waals surface area contributed by atoms with Crippen molar-refractivity contribution in [2.24, 2.45) is 0 Å². The molecule has 5 heteroatoms. The average molecular weight is 253 g/mol. The standard InChI is InChI=1S/C12H13ClN2O2/c1-2-3-10(12(16)17)15-11-6-8(7-14)4-5-9(11)13/h4-6,10,15H,2-3H2,1H3,(H,16,17). The first-order chi connectivity index (χ1) is 8.08. The topological polar surface area (TPSA) is 73.1 Å². The molecule has 17 heavy (non-hydrogen) atoms. The second kappa shape index (κ2) is 6.12. The fourth-order valence-corrected chi connectivity index (χ4v) is 1.61. The van der Waals surface area contributed by atoms with E-state index in [1.807, 2.05) is 13.0 Å². The molecule has 0 aliphatic heterocycles. The summed E-state index contributed by atoms with van der Waals surface area (Å²) in [6, 6.07) is 6.01. The Balaban J connectivity index is 2.92. The number of carboxylic acids is 1. The maximum Gasteiger partial charge on any atom is 0.326 e. The molecule has 0 aromatic heterocycles. The Morgan fingerprint density at radius 3 is 2.88 bits per heavy atom. The van der Waals surface area contributed by atoms with Crippen LogP contribution in [0, 0.1) is 11.3 Å². The van der Waals surface area contributed by atoms with Crippen LogP contribution in [-0.4, -0.2) is 17.1 Å². The molecule has 0 aliphatic rings. The van der Waals surface area contributed by atoms with Crippen LogP contribution in [0.5, 0.6) is 0 Å². The smallest absolute Gasteiger partial charge is 0.326 e. The summed E-state index contributed by atoms with van der Waals surface area (Å²) in [5.41, 5.74) is 0.920. The third kappa shape index (κ3) is 3.65. The summed E-state index contributed by atoms with van der Waals surface area (Å²) in [5, 5.41) is 21.0. The van der Waals surface area contributed by atoms with Crippen LogP contribution in [0.3, 0.4) is 0 Å². The third-order valence-corrected chi connectivity index (χ3v) is 2.63. The van der Waals surface area contributed by atoms with Gasteiger partial charge in [0.1, 0.15) is 6.04 Å². The molecule has 0 bridgehead atoms. The molecule has 0 saturated heterocycles. The van der Waals surface area contributed by atoms with Gasteiger partial charge in [-0.05, 0) is 24.6 Å². The van der Waals surface area contributed by atoms with Crippen LogP contribution in [0.2, 0.25) is 5.02 Å². The normalized spacial score (nSPS) is 11.6. The highest BCUT2D eigenvalue weighted by Crippen LogP contribution is 2.24. The second-order valence-electron chi connectivity index (χ2n) is 3.63. The maximum absolute atomic E-state index is 11.0. The molecule has 0 spiro atoms. The number of hydrogen-bond acceptors (Lipinski definition) is 3. The molecule has 1 atom stereocenters. The van der Waals surface area contributed by atoms with E-state index in [2.05, 4.69) is 5.32 Å². The van der Waals surface area contributed by atoms with Gasteiger partial charge in [0, 0.05) is 0 Å². The molecule has 1 rings (SSSR count). The van der Waals surface area contributed by atoms with Gasteiger partial charge in [-0.1, -0.05) is 24.9 Å². The second-order valence-corrected chi connectivity index (χ2v) is 4.04. The van der Waals surface area contributed by atoms with Crippen LogP contribution in [0.1, 0.15) is 25.3 Å². The van der Waals surface area contributed by atoms with Crippen LogP contribution in [-0.2, 0) is 4.79 Å². The number of carbonyl (C=O) groups is 1. The highest BCUT2D eigenvalue weighted by molar-refractivity contribution is 6.33. The molecule has 0 amide bonds. The number of hydrogen-bond donors (Lipinski definition) is 2. The van der Waals surface area contributed by atoms with Gasteiger partial charge in [0.2, 0.25) is 0 Å². The van der Waals surface area contributed by atoms with Crippen molar-refractivity contribution in [2.75, 3.05) is 5.32 Å². The van der Waals surface area contributed by atoms with E-state index >= 15 is 0 Å². The van der Waals surface area contributed by atoms with Gasteiger partial charge in [-0.3, -0.25) is 0 Å². The van der Waals surface area contributed by atoms with Crippen molar-refractivity contribution >= 4 is 23.3 Å². The Bertz CT molecular complexity index is 454. The van der Waals surface area contributed by atoms with Crippen LogP contribution in [0.4, 0.5) is 5.69 Å². The molecule has 0 aliphatic carbocycles. The minimum absolute atomic E-state index is 0.409. The molecule has 0 heterocycles. The lowest BCUT2D eigenvalue weighted by molar-refractivity contribution is -0.138. The summed E-state index contributed by atoms with van der Waals surface area (Å²) < 4.78 is 0. The predicted octanol–water partition coefficient (Wildman–Crippen LogP) is 2.88. The molecule has 2 N–H and O–H groups in total. The Kier molecular flexibility index (Phi) is 4.80. The van der Waals surface area contributed by atoms with Gasteiger partial charge >= 0.3 is 5.97 Å². The summed E-state index contributed by atoms with van der Waals surface area (Å²) in [6.45, 7) is 1.91. The maximum atomic E-state index is 11.0. The summed E-state index contributed by atoms with van der Waals surface area (Å²) >= 11 is 5.94. The van der Waals surface area contributed by atoms with Crippen LogP contribution in [0.15, 0.2) is 18.2 Å². The van der Waals surface area contributed by atoms with Crippen LogP contribution >= 0.6 is 11.6 Å². The molecule has 1 aromatic rings. The molecule has 0 fully saturated rings. The fraction of sp³-hybridized carbons (Fsp3) is 0.333. The number of nitriles is 1. The van der Waals surface area contributed by atoms with Gasteiger partial charge < -0.3 is 10.4 Å². The van der Waals surface area contributed by atoms with Gasteiger partial charge in [0.05, 0.1) is 22.3 Å². The first-order valence-electron chi connectivity index (χ1n) is 5.27. The number of carboxylic acid groups (broad SMARTS) is 1. The van der Waals surface area contributed by atoms with E-state index in [9.17, 15) is 4.79 Å². The summed E-state index contributed by atoms with van der Waals surface area (Å²) in [7, 11) is 0. The minimum Gasteiger partial charge on any atom is -0.480 e. The summed E-state index contributed by atoms with van der Waals surface area (Å²) in [4.78, 5) is 11.0. The highest BCUT2D eigenvalue weighted by Gasteiger charge is 2.17. The number of halogens is 1. The van der Waals surface area contributed by atoms with Crippen molar-refractivity contribution in [3.05, 3.63) is 28.8 Å². The molecule has 1 unspecified atom stereocenters. The lowest BCUT2D eigenvalue weighted by Crippen LogP contribution is -2.29. The molecular weight excluding hydrogens is 240 g/mol. The largest absolute Gasteiger partial charge is 0.480 e. The van der Waals surface area contributed by atoms with Crippen molar-refractivity contribution in [3.8, 4) is 6.07 Å². The Morgan fingerprint density at radius 1 is 1.65 bits per heavy atom. The van der Waals surface area contributed by atoms with Gasteiger partial charge in [-0.2, -0.15) is 5.26 Å². The van der Waals surface area contributed by atoms with Crippen molar-refractivity contribution in [3.63, 3.8) is 0 Å². The molecule has 0 radical (unpaired) electrons. The highest BCUT2D eigenvalue weighted by atomic mass is 35.5. The number of anilines is 1. The van der Waals surface area contributed by atoms with Crippen molar-refractivity contribution in [1.82, 2.24) is 0 Å². The molecular formula is C12H13ClN2O2. The molecule has 90 valence electrons. The van der Waals surface area contributed by atoms with E-state index in [-0.39, 0.29) is 0 Å². The molecule has 4 nitrogen and oxygen atoms in total. The average Bonchev–Trinajstić information content (AvgIpc) is 2.31. The first-order valence-corrected chi connectivity index (χ1v) is 5.65. The fourth-order valence-electron chi connectivity index (χ4n) is 1.44.